The minimum absolute atomic E-state index is 0.0504. The van der Waals surface area contributed by atoms with Gasteiger partial charge in [-0.1, -0.05) is 18.2 Å². The number of hydrogen-bond donors (Lipinski definition) is 3. The molecular formula is C13H16N4O. The number of aromatic amines is 1. The minimum atomic E-state index is -0.0504. The quantitative estimate of drug-likeness (QED) is 0.718. The number of nitrogens with two attached hydrogens (primary N) is 1. The standard InChI is InChI=1S/C13H16N4O/c1-9-8-15-17-13(9)16-12(18)7-6-10-4-2-3-5-11(10)14/h2-5,8H,6-7,14H2,1H3,(H2,15,16,17,18). The van der Waals surface area contributed by atoms with E-state index in [4.69, 9.17) is 5.73 Å². The number of carbonyl (C=O) groups is 1. The van der Waals surface area contributed by atoms with Crippen molar-refractivity contribution in [3.8, 4) is 0 Å². The zero-order chi connectivity index (χ0) is 13.0. The van der Waals surface area contributed by atoms with E-state index < -0.39 is 0 Å². The van der Waals surface area contributed by atoms with Crippen LogP contribution in [0.2, 0.25) is 0 Å². The first-order valence-electron chi connectivity index (χ1n) is 5.80. The molecule has 5 heteroatoms. The molecule has 0 bridgehead atoms. The Bertz CT molecular complexity index is 547. The van der Waals surface area contributed by atoms with E-state index in [9.17, 15) is 4.79 Å². The summed E-state index contributed by atoms with van der Waals surface area (Å²) in [5.74, 6) is 0.603. The number of amides is 1. The summed E-state index contributed by atoms with van der Waals surface area (Å²) in [6.07, 6.45) is 2.70. The highest BCUT2D eigenvalue weighted by atomic mass is 16.1. The van der Waals surface area contributed by atoms with Crippen molar-refractivity contribution in [1.29, 1.82) is 0 Å². The van der Waals surface area contributed by atoms with Crippen molar-refractivity contribution >= 4 is 17.4 Å². The third-order valence-corrected chi connectivity index (χ3v) is 2.77. The number of anilines is 2. The third-order valence-electron chi connectivity index (χ3n) is 2.77. The zero-order valence-corrected chi connectivity index (χ0v) is 10.2. The number of nitrogens with one attached hydrogen (secondary N) is 2. The van der Waals surface area contributed by atoms with Crippen LogP contribution in [0.5, 0.6) is 0 Å². The van der Waals surface area contributed by atoms with Crippen LogP contribution in [-0.2, 0) is 11.2 Å². The molecule has 94 valence electrons. The lowest BCUT2D eigenvalue weighted by Gasteiger charge is -2.06. The van der Waals surface area contributed by atoms with Crippen LogP contribution >= 0.6 is 0 Å². The van der Waals surface area contributed by atoms with E-state index in [0.29, 0.717) is 18.7 Å². The highest BCUT2D eigenvalue weighted by Gasteiger charge is 2.07. The van der Waals surface area contributed by atoms with Gasteiger partial charge < -0.3 is 11.1 Å². The van der Waals surface area contributed by atoms with Gasteiger partial charge in [-0.3, -0.25) is 9.89 Å². The van der Waals surface area contributed by atoms with Gasteiger partial charge in [-0.25, -0.2) is 0 Å². The third kappa shape index (κ3) is 2.88. The van der Waals surface area contributed by atoms with Crippen LogP contribution in [0.15, 0.2) is 30.5 Å². The number of para-hydroxylation sites is 1. The average molecular weight is 244 g/mol. The first-order valence-corrected chi connectivity index (χ1v) is 5.80. The Labute approximate surface area is 105 Å². The van der Waals surface area contributed by atoms with Gasteiger partial charge in [-0.05, 0) is 25.0 Å². The van der Waals surface area contributed by atoms with Crippen molar-refractivity contribution < 1.29 is 4.79 Å². The Kier molecular flexibility index (Phi) is 3.62. The van der Waals surface area contributed by atoms with Crippen LogP contribution in [0.3, 0.4) is 0 Å². The number of carbonyl (C=O) groups excluding carboxylic acids is 1. The van der Waals surface area contributed by atoms with Crippen molar-refractivity contribution in [2.24, 2.45) is 0 Å². The van der Waals surface area contributed by atoms with Crippen molar-refractivity contribution in [1.82, 2.24) is 10.2 Å². The lowest BCUT2D eigenvalue weighted by molar-refractivity contribution is -0.116. The van der Waals surface area contributed by atoms with Crippen LogP contribution in [-0.4, -0.2) is 16.1 Å². The van der Waals surface area contributed by atoms with Gasteiger partial charge in [0.2, 0.25) is 5.91 Å². The van der Waals surface area contributed by atoms with E-state index in [0.717, 1.165) is 16.8 Å². The molecule has 0 atom stereocenters. The van der Waals surface area contributed by atoms with Gasteiger partial charge in [0.15, 0.2) is 0 Å². The van der Waals surface area contributed by atoms with Crippen molar-refractivity contribution in [2.75, 3.05) is 11.1 Å². The molecule has 0 aliphatic carbocycles. The van der Waals surface area contributed by atoms with E-state index in [-0.39, 0.29) is 5.91 Å². The van der Waals surface area contributed by atoms with Crippen molar-refractivity contribution in [2.45, 2.75) is 19.8 Å². The molecule has 2 aromatic rings. The highest BCUT2D eigenvalue weighted by Crippen LogP contribution is 2.14. The highest BCUT2D eigenvalue weighted by molar-refractivity contribution is 5.90. The van der Waals surface area contributed by atoms with Crippen LogP contribution in [0.1, 0.15) is 17.5 Å². The molecule has 1 heterocycles. The molecule has 0 fully saturated rings. The molecule has 0 saturated heterocycles. The predicted molar refractivity (Wildman–Crippen MR) is 71.1 cm³/mol. The van der Waals surface area contributed by atoms with Gasteiger partial charge in [0.25, 0.3) is 0 Å². The zero-order valence-electron chi connectivity index (χ0n) is 10.2. The van der Waals surface area contributed by atoms with E-state index in [2.05, 4.69) is 15.5 Å². The van der Waals surface area contributed by atoms with Gasteiger partial charge in [-0.15, -0.1) is 0 Å². The number of H-pyrrole nitrogens is 1. The monoisotopic (exact) mass is 244 g/mol. The smallest absolute Gasteiger partial charge is 0.225 e. The van der Waals surface area contributed by atoms with Crippen LogP contribution < -0.4 is 11.1 Å². The SMILES string of the molecule is Cc1cn[nH]c1NC(=O)CCc1ccccc1N. The molecule has 1 aromatic heterocycles. The van der Waals surface area contributed by atoms with E-state index in [1.54, 1.807) is 6.20 Å². The first kappa shape index (κ1) is 12.2. The van der Waals surface area contributed by atoms with Gasteiger partial charge in [0.1, 0.15) is 5.82 Å². The van der Waals surface area contributed by atoms with E-state index >= 15 is 0 Å². The maximum absolute atomic E-state index is 11.7. The Balaban J connectivity index is 1.90. The normalized spacial score (nSPS) is 10.3. The maximum atomic E-state index is 11.7. The molecule has 1 aromatic carbocycles. The molecular weight excluding hydrogens is 228 g/mol. The lowest BCUT2D eigenvalue weighted by atomic mass is 10.1. The number of nitrogens with zero attached hydrogens (tertiary/aromatic N) is 1. The molecule has 0 saturated carbocycles. The molecule has 18 heavy (non-hydrogen) atoms. The van der Waals surface area contributed by atoms with Gasteiger partial charge >= 0.3 is 0 Å². The predicted octanol–water partition coefficient (Wildman–Crippen LogP) is 1.87. The summed E-state index contributed by atoms with van der Waals surface area (Å²) in [5.41, 5.74) is 8.46. The van der Waals surface area contributed by atoms with Gasteiger partial charge in [0, 0.05) is 17.7 Å². The van der Waals surface area contributed by atoms with E-state index in [1.165, 1.54) is 0 Å². The Morgan fingerprint density at radius 1 is 1.44 bits per heavy atom. The van der Waals surface area contributed by atoms with E-state index in [1.807, 2.05) is 31.2 Å². The lowest BCUT2D eigenvalue weighted by Crippen LogP contribution is -2.13. The summed E-state index contributed by atoms with van der Waals surface area (Å²) < 4.78 is 0. The summed E-state index contributed by atoms with van der Waals surface area (Å²) in [6.45, 7) is 1.88. The molecule has 2 rings (SSSR count). The first-order chi connectivity index (χ1) is 8.66. The van der Waals surface area contributed by atoms with Crippen molar-refractivity contribution in [3.63, 3.8) is 0 Å². The summed E-state index contributed by atoms with van der Waals surface area (Å²) in [6, 6.07) is 7.58. The second kappa shape index (κ2) is 5.35. The fourth-order valence-corrected chi connectivity index (χ4v) is 1.68. The number of aryl methyl sites for hydroxylation is 2. The number of benzene rings is 1. The molecule has 0 radical (unpaired) electrons. The van der Waals surface area contributed by atoms with Crippen LogP contribution in [0, 0.1) is 6.92 Å². The number of nitrogen functional groups attached to an aromatic ring is 1. The molecule has 4 N–H and O–H groups in total. The molecule has 0 spiro atoms. The Morgan fingerprint density at radius 3 is 2.89 bits per heavy atom. The second-order valence-electron chi connectivity index (χ2n) is 4.18. The topological polar surface area (TPSA) is 83.8 Å². The number of rotatable bonds is 4. The molecule has 5 nitrogen and oxygen atoms in total. The summed E-state index contributed by atoms with van der Waals surface area (Å²) in [4.78, 5) is 11.7. The van der Waals surface area contributed by atoms with Gasteiger partial charge in [-0.2, -0.15) is 5.10 Å². The van der Waals surface area contributed by atoms with Crippen LogP contribution in [0.25, 0.3) is 0 Å². The minimum Gasteiger partial charge on any atom is -0.399 e. The summed E-state index contributed by atoms with van der Waals surface area (Å²) in [7, 11) is 0. The number of aromatic nitrogens is 2. The Morgan fingerprint density at radius 2 is 2.22 bits per heavy atom. The second-order valence-corrected chi connectivity index (χ2v) is 4.18. The summed E-state index contributed by atoms with van der Waals surface area (Å²) >= 11 is 0. The van der Waals surface area contributed by atoms with Gasteiger partial charge in [0.05, 0.1) is 6.20 Å². The molecule has 0 unspecified atom stereocenters. The van der Waals surface area contributed by atoms with Crippen molar-refractivity contribution in [3.05, 3.63) is 41.6 Å². The fourth-order valence-electron chi connectivity index (χ4n) is 1.68. The molecule has 0 aliphatic rings. The fraction of sp³-hybridized carbons (Fsp3) is 0.231. The number of hydrogen-bond acceptors (Lipinski definition) is 3. The van der Waals surface area contributed by atoms with Crippen LogP contribution in [0.4, 0.5) is 11.5 Å². The molecule has 0 aliphatic heterocycles. The Hall–Kier alpha value is -2.30. The molecule has 1 amide bonds. The maximum Gasteiger partial charge on any atom is 0.225 e. The largest absolute Gasteiger partial charge is 0.399 e. The summed E-state index contributed by atoms with van der Waals surface area (Å²) in [5, 5.41) is 9.37. The average Bonchev–Trinajstić information content (AvgIpc) is 2.74.